The monoisotopic (exact) mass is 200 g/mol. The molecule has 2 aliphatic rings. The lowest BCUT2D eigenvalue weighted by Gasteiger charge is -2.42. The Bertz CT molecular complexity index is 145. The highest BCUT2D eigenvalue weighted by Crippen LogP contribution is 2.25. The van der Waals surface area contributed by atoms with Gasteiger partial charge < -0.3 is 15.4 Å². The number of rotatable bonds is 0. The maximum atomic E-state index is 5.92. The molecular weight excluding hydrogens is 176 g/mol. The van der Waals surface area contributed by atoms with Gasteiger partial charge in [0.25, 0.3) is 0 Å². The van der Waals surface area contributed by atoms with E-state index in [0.29, 0.717) is 6.04 Å². The molecule has 0 aromatic carbocycles. The summed E-state index contributed by atoms with van der Waals surface area (Å²) in [6.45, 7) is 10.3. The van der Waals surface area contributed by atoms with Crippen LogP contribution in [0.15, 0.2) is 0 Å². The van der Waals surface area contributed by atoms with Gasteiger partial charge in [-0.1, -0.05) is 13.8 Å². The van der Waals surface area contributed by atoms with Crippen molar-refractivity contribution in [3.05, 3.63) is 0 Å². The van der Waals surface area contributed by atoms with Crippen LogP contribution in [0.3, 0.4) is 0 Å². The van der Waals surface area contributed by atoms with Crippen LogP contribution in [0.1, 0.15) is 33.6 Å². The first-order chi connectivity index (χ1) is 6.81. The molecule has 2 heterocycles. The van der Waals surface area contributed by atoms with E-state index in [9.17, 15) is 0 Å². The number of piperidine rings is 1. The van der Waals surface area contributed by atoms with Crippen molar-refractivity contribution in [3.63, 3.8) is 0 Å². The molecule has 2 N–H and O–H groups in total. The Balaban J connectivity index is 0.000000461. The van der Waals surface area contributed by atoms with Gasteiger partial charge in [-0.05, 0) is 32.9 Å². The molecule has 3 nitrogen and oxygen atoms in total. The molecule has 1 unspecified atom stereocenters. The molecule has 3 heteroatoms. The van der Waals surface area contributed by atoms with Gasteiger partial charge in [0.15, 0.2) is 0 Å². The standard InChI is InChI=1S/C9H18N2O.C2H6/c1-8-6-12-9(7-11-8)2-4-10-5-3-9;1-2/h8,10-11H,2-7H2,1H3;1-2H3. The second-order valence-electron chi connectivity index (χ2n) is 4.03. The van der Waals surface area contributed by atoms with Crippen LogP contribution in [-0.2, 0) is 4.74 Å². The van der Waals surface area contributed by atoms with Gasteiger partial charge in [-0.3, -0.25) is 0 Å². The van der Waals surface area contributed by atoms with E-state index in [2.05, 4.69) is 17.6 Å². The van der Waals surface area contributed by atoms with Crippen LogP contribution in [0.4, 0.5) is 0 Å². The zero-order chi connectivity index (χ0) is 10.4. The van der Waals surface area contributed by atoms with Gasteiger partial charge in [0.2, 0.25) is 0 Å². The fourth-order valence-electron chi connectivity index (χ4n) is 1.98. The van der Waals surface area contributed by atoms with Crippen LogP contribution >= 0.6 is 0 Å². The Hall–Kier alpha value is -0.120. The minimum Gasteiger partial charge on any atom is -0.372 e. The fourth-order valence-corrected chi connectivity index (χ4v) is 1.98. The first kappa shape index (κ1) is 12.0. The maximum Gasteiger partial charge on any atom is 0.0831 e. The summed E-state index contributed by atoms with van der Waals surface area (Å²) in [6.07, 6.45) is 2.32. The van der Waals surface area contributed by atoms with Gasteiger partial charge in [-0.15, -0.1) is 0 Å². The summed E-state index contributed by atoms with van der Waals surface area (Å²) >= 11 is 0. The van der Waals surface area contributed by atoms with Crippen LogP contribution in [0, 0.1) is 0 Å². The van der Waals surface area contributed by atoms with Gasteiger partial charge in [0, 0.05) is 12.6 Å². The topological polar surface area (TPSA) is 33.3 Å². The predicted molar refractivity (Wildman–Crippen MR) is 59.6 cm³/mol. The zero-order valence-electron chi connectivity index (χ0n) is 9.73. The van der Waals surface area contributed by atoms with Crippen molar-refractivity contribution in [3.8, 4) is 0 Å². The number of morpholine rings is 1. The third-order valence-electron chi connectivity index (χ3n) is 2.93. The first-order valence-electron chi connectivity index (χ1n) is 5.89. The normalized spacial score (nSPS) is 30.6. The predicted octanol–water partition coefficient (Wildman–Crippen LogP) is 1.14. The summed E-state index contributed by atoms with van der Waals surface area (Å²) in [5.41, 5.74) is 0.164. The average molecular weight is 200 g/mol. The molecule has 2 aliphatic heterocycles. The van der Waals surface area contributed by atoms with E-state index in [0.717, 1.165) is 39.1 Å². The van der Waals surface area contributed by atoms with E-state index >= 15 is 0 Å². The Morgan fingerprint density at radius 1 is 1.21 bits per heavy atom. The first-order valence-corrected chi connectivity index (χ1v) is 5.89. The fraction of sp³-hybridized carbons (Fsp3) is 1.00. The zero-order valence-corrected chi connectivity index (χ0v) is 9.73. The van der Waals surface area contributed by atoms with E-state index in [-0.39, 0.29) is 5.60 Å². The molecule has 2 rings (SSSR count). The number of hydrogen-bond acceptors (Lipinski definition) is 3. The van der Waals surface area contributed by atoms with Crippen LogP contribution in [0.5, 0.6) is 0 Å². The molecule has 0 aliphatic carbocycles. The van der Waals surface area contributed by atoms with Crippen LogP contribution in [0.2, 0.25) is 0 Å². The number of nitrogens with one attached hydrogen (secondary N) is 2. The maximum absolute atomic E-state index is 5.92. The van der Waals surface area contributed by atoms with Gasteiger partial charge in [0.05, 0.1) is 12.2 Å². The summed E-state index contributed by atoms with van der Waals surface area (Å²) < 4.78 is 5.92. The van der Waals surface area contributed by atoms with Crippen molar-refractivity contribution in [1.29, 1.82) is 0 Å². The summed E-state index contributed by atoms with van der Waals surface area (Å²) in [6, 6.07) is 0.533. The molecule has 0 radical (unpaired) electrons. The second kappa shape index (κ2) is 5.69. The minimum absolute atomic E-state index is 0.164. The summed E-state index contributed by atoms with van der Waals surface area (Å²) in [5.74, 6) is 0. The van der Waals surface area contributed by atoms with Crippen LogP contribution < -0.4 is 10.6 Å². The largest absolute Gasteiger partial charge is 0.372 e. The van der Waals surface area contributed by atoms with Crippen LogP contribution in [-0.4, -0.2) is 37.9 Å². The van der Waals surface area contributed by atoms with Crippen molar-refractivity contribution in [1.82, 2.24) is 10.6 Å². The van der Waals surface area contributed by atoms with Gasteiger partial charge in [0.1, 0.15) is 0 Å². The molecule has 0 bridgehead atoms. The van der Waals surface area contributed by atoms with Gasteiger partial charge in [-0.25, -0.2) is 0 Å². The van der Waals surface area contributed by atoms with Crippen molar-refractivity contribution in [2.45, 2.75) is 45.3 Å². The smallest absolute Gasteiger partial charge is 0.0831 e. The lowest BCUT2D eigenvalue weighted by Crippen LogP contribution is -2.57. The highest BCUT2D eigenvalue weighted by atomic mass is 16.5. The highest BCUT2D eigenvalue weighted by Gasteiger charge is 2.35. The highest BCUT2D eigenvalue weighted by molar-refractivity contribution is 4.92. The second-order valence-corrected chi connectivity index (χ2v) is 4.03. The lowest BCUT2D eigenvalue weighted by atomic mass is 9.90. The Kier molecular flexibility index (Phi) is 4.85. The SMILES string of the molecule is CC.CC1COC2(CCNCC2)CN1. The molecule has 0 amide bonds. The average Bonchev–Trinajstić information content (AvgIpc) is 2.27. The number of ether oxygens (including phenoxy) is 1. The molecule has 0 aromatic heterocycles. The molecule has 84 valence electrons. The minimum atomic E-state index is 0.164. The van der Waals surface area contributed by atoms with Crippen molar-refractivity contribution in [2.75, 3.05) is 26.2 Å². The Morgan fingerprint density at radius 3 is 2.36 bits per heavy atom. The molecule has 14 heavy (non-hydrogen) atoms. The molecular formula is C11H24N2O. The third kappa shape index (κ3) is 2.94. The van der Waals surface area contributed by atoms with Gasteiger partial charge in [-0.2, -0.15) is 0 Å². The van der Waals surface area contributed by atoms with E-state index < -0.39 is 0 Å². The third-order valence-corrected chi connectivity index (χ3v) is 2.93. The van der Waals surface area contributed by atoms with E-state index in [4.69, 9.17) is 4.74 Å². The van der Waals surface area contributed by atoms with Gasteiger partial charge >= 0.3 is 0 Å². The molecule has 2 saturated heterocycles. The Morgan fingerprint density at radius 2 is 1.86 bits per heavy atom. The summed E-state index contributed by atoms with van der Waals surface area (Å²) in [7, 11) is 0. The van der Waals surface area contributed by atoms with Crippen molar-refractivity contribution in [2.24, 2.45) is 0 Å². The molecule has 0 aromatic rings. The molecule has 1 atom stereocenters. The van der Waals surface area contributed by atoms with Crippen molar-refractivity contribution < 1.29 is 4.74 Å². The van der Waals surface area contributed by atoms with E-state index in [1.54, 1.807) is 0 Å². The quantitative estimate of drug-likeness (QED) is 0.615. The van der Waals surface area contributed by atoms with Crippen molar-refractivity contribution >= 4 is 0 Å². The van der Waals surface area contributed by atoms with Crippen LogP contribution in [0.25, 0.3) is 0 Å². The Labute approximate surface area is 87.6 Å². The molecule has 2 fully saturated rings. The number of hydrogen-bond donors (Lipinski definition) is 2. The van der Waals surface area contributed by atoms with E-state index in [1.165, 1.54) is 0 Å². The molecule has 1 spiro atoms. The summed E-state index contributed by atoms with van der Waals surface area (Å²) in [5, 5.41) is 6.85. The van der Waals surface area contributed by atoms with E-state index in [1.807, 2.05) is 13.8 Å². The summed E-state index contributed by atoms with van der Waals surface area (Å²) in [4.78, 5) is 0. The lowest BCUT2D eigenvalue weighted by molar-refractivity contribution is -0.0965. The molecule has 0 saturated carbocycles.